The number of nitrogens with one attached hydrogen (secondary N) is 1. The minimum Gasteiger partial charge on any atom is -0.369 e. The molecule has 166 valence electrons. The highest BCUT2D eigenvalue weighted by atomic mass is 16.1. The number of aryl methyl sites for hydroxylation is 2. The summed E-state index contributed by atoms with van der Waals surface area (Å²) in [4.78, 5) is 19.3. The van der Waals surface area contributed by atoms with E-state index in [9.17, 15) is 4.79 Å². The van der Waals surface area contributed by atoms with Gasteiger partial charge in [0.2, 0.25) is 6.41 Å². The first-order valence-electron chi connectivity index (χ1n) is 11.4. The lowest BCUT2D eigenvalue weighted by molar-refractivity contribution is -0.107. The molecule has 1 aromatic carbocycles. The first-order chi connectivity index (χ1) is 15.2. The summed E-state index contributed by atoms with van der Waals surface area (Å²) in [6, 6.07) is 10.6. The summed E-state index contributed by atoms with van der Waals surface area (Å²) in [6.45, 7) is 11.1. The van der Waals surface area contributed by atoms with E-state index in [2.05, 4.69) is 70.3 Å². The first kappa shape index (κ1) is 22.8. The van der Waals surface area contributed by atoms with Gasteiger partial charge in [0.25, 0.3) is 0 Å². The molecule has 0 atom stereocenters. The van der Waals surface area contributed by atoms with Crippen molar-refractivity contribution in [2.24, 2.45) is 7.05 Å². The number of hydrogen-bond donors (Lipinski definition) is 1. The first-order valence-corrected chi connectivity index (χ1v) is 11.4. The van der Waals surface area contributed by atoms with E-state index in [-0.39, 0.29) is 0 Å². The van der Waals surface area contributed by atoms with Gasteiger partial charge in [0, 0.05) is 74.3 Å². The molecule has 2 aliphatic rings. The standard InChI is InChI=1S/C12H16N4O.C11H13N.C2H6/c17-9-16-6-2-10-11(1-3-14-12(10)16)15-7-4-13-5-8-15;1-3-9-8-12(2)11-7-5-4-6-10(9)11;1-2/h1,3,9,13H,2,4-8H2;4-8H,3H2,1-2H3;1-2H3. The van der Waals surface area contributed by atoms with Crippen molar-refractivity contribution in [1.82, 2.24) is 14.9 Å². The van der Waals surface area contributed by atoms with Crippen LogP contribution in [0.5, 0.6) is 0 Å². The van der Waals surface area contributed by atoms with Gasteiger partial charge in [-0.05, 0) is 30.5 Å². The van der Waals surface area contributed by atoms with Crippen molar-refractivity contribution in [2.75, 3.05) is 42.5 Å². The number of pyridine rings is 1. The second kappa shape index (κ2) is 11.0. The Hall–Kier alpha value is -2.86. The Balaban J connectivity index is 0.000000171. The van der Waals surface area contributed by atoms with Crippen LogP contribution in [0.1, 0.15) is 31.9 Å². The Morgan fingerprint density at radius 1 is 1.10 bits per heavy atom. The second-order valence-corrected chi connectivity index (χ2v) is 7.55. The Morgan fingerprint density at radius 2 is 1.84 bits per heavy atom. The van der Waals surface area contributed by atoms with Crippen LogP contribution < -0.4 is 15.1 Å². The van der Waals surface area contributed by atoms with Crippen molar-refractivity contribution in [3.63, 3.8) is 0 Å². The lowest BCUT2D eigenvalue weighted by Crippen LogP contribution is -2.43. The van der Waals surface area contributed by atoms with Crippen molar-refractivity contribution in [2.45, 2.75) is 33.6 Å². The van der Waals surface area contributed by atoms with Crippen LogP contribution in [-0.4, -0.2) is 48.7 Å². The molecule has 0 spiro atoms. The minimum atomic E-state index is 0.759. The van der Waals surface area contributed by atoms with Gasteiger partial charge in [0.05, 0.1) is 0 Å². The molecule has 1 N–H and O–H groups in total. The van der Waals surface area contributed by atoms with Crippen LogP contribution in [0, 0.1) is 0 Å². The quantitative estimate of drug-likeness (QED) is 0.654. The molecule has 6 heteroatoms. The predicted molar refractivity (Wildman–Crippen MR) is 130 cm³/mol. The predicted octanol–water partition coefficient (Wildman–Crippen LogP) is 3.78. The molecule has 3 aromatic rings. The number of hydrogen-bond acceptors (Lipinski definition) is 4. The third kappa shape index (κ3) is 4.90. The molecular weight excluding hydrogens is 386 g/mol. The molecule has 0 bridgehead atoms. The smallest absolute Gasteiger partial charge is 0.215 e. The highest BCUT2D eigenvalue weighted by molar-refractivity contribution is 5.84. The van der Waals surface area contributed by atoms with Gasteiger partial charge < -0.3 is 14.8 Å². The topological polar surface area (TPSA) is 53.4 Å². The lowest BCUT2D eigenvalue weighted by Gasteiger charge is -2.30. The third-order valence-electron chi connectivity index (χ3n) is 5.83. The molecule has 0 saturated carbocycles. The van der Waals surface area contributed by atoms with E-state index in [1.165, 1.54) is 27.7 Å². The summed E-state index contributed by atoms with van der Waals surface area (Å²) >= 11 is 0. The van der Waals surface area contributed by atoms with Gasteiger partial charge in [-0.15, -0.1) is 0 Å². The van der Waals surface area contributed by atoms with E-state index in [0.717, 1.165) is 57.8 Å². The molecule has 0 aliphatic carbocycles. The maximum atomic E-state index is 10.9. The van der Waals surface area contributed by atoms with Gasteiger partial charge in [-0.1, -0.05) is 39.0 Å². The number of carbonyl (C=O) groups is 1. The molecule has 6 nitrogen and oxygen atoms in total. The van der Waals surface area contributed by atoms with Gasteiger partial charge in [-0.3, -0.25) is 9.69 Å². The van der Waals surface area contributed by atoms with E-state index in [0.29, 0.717) is 0 Å². The summed E-state index contributed by atoms with van der Waals surface area (Å²) in [5, 5.41) is 4.74. The van der Waals surface area contributed by atoms with E-state index < -0.39 is 0 Å². The third-order valence-corrected chi connectivity index (χ3v) is 5.83. The van der Waals surface area contributed by atoms with Crippen molar-refractivity contribution in [3.05, 3.63) is 53.9 Å². The van der Waals surface area contributed by atoms with Crippen LogP contribution in [0.4, 0.5) is 11.5 Å². The molecule has 1 saturated heterocycles. The van der Waals surface area contributed by atoms with E-state index in [1.54, 1.807) is 11.1 Å². The Morgan fingerprint density at radius 3 is 2.55 bits per heavy atom. The average Bonchev–Trinajstić information content (AvgIpc) is 3.42. The van der Waals surface area contributed by atoms with Crippen molar-refractivity contribution < 1.29 is 4.79 Å². The summed E-state index contributed by atoms with van der Waals surface area (Å²) in [5.74, 6) is 0.844. The molecule has 0 radical (unpaired) electrons. The van der Waals surface area contributed by atoms with Gasteiger partial charge >= 0.3 is 0 Å². The van der Waals surface area contributed by atoms with Crippen LogP contribution in [0.25, 0.3) is 10.9 Å². The van der Waals surface area contributed by atoms with E-state index in [1.807, 2.05) is 13.8 Å². The SMILES string of the molecule is CC.CCc1cn(C)c2ccccc12.O=CN1CCc2c(N3CCNCC3)ccnc21. The fraction of sp³-hybridized carbons (Fsp3) is 0.440. The number of carbonyl (C=O) groups excluding carboxylic acids is 1. The van der Waals surface area contributed by atoms with Crippen LogP contribution in [0.2, 0.25) is 0 Å². The second-order valence-electron chi connectivity index (χ2n) is 7.55. The highest BCUT2D eigenvalue weighted by Crippen LogP contribution is 2.32. The molecule has 1 fully saturated rings. The van der Waals surface area contributed by atoms with Gasteiger partial charge in [-0.2, -0.15) is 0 Å². The van der Waals surface area contributed by atoms with Crippen molar-refractivity contribution in [3.8, 4) is 0 Å². The number of amides is 1. The number of benzene rings is 1. The van der Waals surface area contributed by atoms with Crippen LogP contribution in [0.3, 0.4) is 0 Å². The molecule has 5 rings (SSSR count). The largest absolute Gasteiger partial charge is 0.369 e. The average molecular weight is 422 g/mol. The Kier molecular flexibility index (Phi) is 8.06. The lowest BCUT2D eigenvalue weighted by atomic mass is 10.1. The highest BCUT2D eigenvalue weighted by Gasteiger charge is 2.25. The maximum absolute atomic E-state index is 10.9. The summed E-state index contributed by atoms with van der Waals surface area (Å²) in [5.41, 5.74) is 5.24. The number of anilines is 2. The molecule has 1 amide bonds. The molecular formula is C25H35N5O. The fourth-order valence-corrected chi connectivity index (χ4v) is 4.31. The molecule has 31 heavy (non-hydrogen) atoms. The van der Waals surface area contributed by atoms with Crippen LogP contribution >= 0.6 is 0 Å². The van der Waals surface area contributed by atoms with Crippen LogP contribution in [-0.2, 0) is 24.7 Å². The van der Waals surface area contributed by atoms with Crippen molar-refractivity contribution >= 4 is 28.8 Å². The van der Waals surface area contributed by atoms with Gasteiger partial charge in [-0.25, -0.2) is 4.98 Å². The van der Waals surface area contributed by atoms with Crippen molar-refractivity contribution in [1.29, 1.82) is 0 Å². The summed E-state index contributed by atoms with van der Waals surface area (Å²) in [7, 11) is 2.10. The van der Waals surface area contributed by atoms with Gasteiger partial charge in [0.1, 0.15) is 5.82 Å². The number of para-hydroxylation sites is 1. The zero-order valence-corrected chi connectivity index (χ0v) is 19.3. The Labute approximate surface area is 185 Å². The number of aromatic nitrogens is 2. The monoisotopic (exact) mass is 421 g/mol. The Bertz CT molecular complexity index is 991. The number of nitrogens with zero attached hydrogens (tertiary/aromatic N) is 4. The van der Waals surface area contributed by atoms with Crippen LogP contribution in [0.15, 0.2) is 42.7 Å². The molecule has 4 heterocycles. The molecule has 0 unspecified atom stereocenters. The number of fused-ring (bicyclic) bond motifs is 2. The maximum Gasteiger partial charge on any atom is 0.215 e. The van der Waals surface area contributed by atoms with E-state index in [4.69, 9.17) is 0 Å². The molecule has 2 aromatic heterocycles. The minimum absolute atomic E-state index is 0.759. The summed E-state index contributed by atoms with van der Waals surface area (Å²) in [6.07, 6.45) is 6.92. The number of piperazine rings is 1. The zero-order chi connectivity index (χ0) is 22.2. The normalized spacial score (nSPS) is 15.0. The summed E-state index contributed by atoms with van der Waals surface area (Å²) < 4.78 is 2.19. The fourth-order valence-electron chi connectivity index (χ4n) is 4.31. The van der Waals surface area contributed by atoms with Gasteiger partial charge in [0.15, 0.2) is 0 Å². The number of rotatable bonds is 3. The van der Waals surface area contributed by atoms with E-state index >= 15 is 0 Å². The zero-order valence-electron chi connectivity index (χ0n) is 19.3. The molecule has 2 aliphatic heterocycles.